The summed E-state index contributed by atoms with van der Waals surface area (Å²) in [4.78, 5) is 12.7. The lowest BCUT2D eigenvalue weighted by Crippen LogP contribution is -2.48. The van der Waals surface area contributed by atoms with Crippen molar-refractivity contribution in [2.75, 3.05) is 5.88 Å². The zero-order chi connectivity index (χ0) is 13.2. The van der Waals surface area contributed by atoms with Gasteiger partial charge in [-0.15, -0.1) is 11.6 Å². The van der Waals surface area contributed by atoms with Gasteiger partial charge in [0.1, 0.15) is 0 Å². The molecule has 0 aromatic rings. The molecule has 108 valence electrons. The summed E-state index contributed by atoms with van der Waals surface area (Å²) in [5.41, 5.74) is 0. The third-order valence-electron chi connectivity index (χ3n) is 5.80. The molecule has 2 atom stereocenters. The highest BCUT2D eigenvalue weighted by atomic mass is 35.5. The lowest BCUT2D eigenvalue weighted by atomic mass is 9.64. The van der Waals surface area contributed by atoms with Crippen LogP contribution in [-0.4, -0.2) is 17.8 Å². The zero-order valence-electron chi connectivity index (χ0n) is 11.7. The minimum Gasteiger partial charge on any atom is -0.353 e. The average Bonchev–Trinajstić information content (AvgIpc) is 2.70. The molecule has 1 amide bonds. The molecule has 0 aliphatic heterocycles. The van der Waals surface area contributed by atoms with E-state index in [2.05, 4.69) is 5.32 Å². The predicted molar refractivity (Wildman–Crippen MR) is 78.2 cm³/mol. The van der Waals surface area contributed by atoms with Crippen LogP contribution in [0.1, 0.15) is 57.8 Å². The predicted octanol–water partition coefficient (Wildman–Crippen LogP) is 3.73. The largest absolute Gasteiger partial charge is 0.353 e. The van der Waals surface area contributed by atoms with Crippen molar-refractivity contribution in [1.29, 1.82) is 0 Å². The van der Waals surface area contributed by atoms with Crippen LogP contribution < -0.4 is 5.32 Å². The molecule has 0 aromatic carbocycles. The lowest BCUT2D eigenvalue weighted by Gasteiger charge is -2.42. The van der Waals surface area contributed by atoms with Crippen LogP contribution in [0.4, 0.5) is 0 Å². The Labute approximate surface area is 121 Å². The van der Waals surface area contributed by atoms with E-state index >= 15 is 0 Å². The van der Waals surface area contributed by atoms with Crippen molar-refractivity contribution in [2.24, 2.45) is 23.7 Å². The van der Waals surface area contributed by atoms with Gasteiger partial charge < -0.3 is 5.32 Å². The highest BCUT2D eigenvalue weighted by molar-refractivity contribution is 6.18. The van der Waals surface area contributed by atoms with Crippen molar-refractivity contribution >= 4 is 17.5 Å². The topological polar surface area (TPSA) is 29.1 Å². The molecule has 3 aliphatic rings. The molecule has 3 aliphatic carbocycles. The van der Waals surface area contributed by atoms with Crippen molar-refractivity contribution in [3.8, 4) is 0 Å². The van der Waals surface area contributed by atoms with Gasteiger partial charge in [0.2, 0.25) is 5.91 Å². The fourth-order valence-corrected chi connectivity index (χ4v) is 4.47. The van der Waals surface area contributed by atoms with Crippen LogP contribution in [-0.2, 0) is 4.79 Å². The molecular weight excluding hydrogens is 258 g/mol. The molecule has 3 heteroatoms. The maximum Gasteiger partial charge on any atom is 0.223 e. The molecule has 2 nitrogen and oxygen atoms in total. The first-order valence-electron chi connectivity index (χ1n) is 8.16. The van der Waals surface area contributed by atoms with Gasteiger partial charge in [0.15, 0.2) is 0 Å². The van der Waals surface area contributed by atoms with Gasteiger partial charge >= 0.3 is 0 Å². The fourth-order valence-electron chi connectivity index (χ4n) is 4.10. The normalized spacial score (nSPS) is 32.1. The highest BCUT2D eigenvalue weighted by Gasteiger charge is 2.41. The van der Waals surface area contributed by atoms with Crippen molar-refractivity contribution in [3.05, 3.63) is 0 Å². The molecule has 19 heavy (non-hydrogen) atoms. The summed E-state index contributed by atoms with van der Waals surface area (Å²) in [7, 11) is 0. The summed E-state index contributed by atoms with van der Waals surface area (Å²) in [6.45, 7) is 0. The number of amides is 1. The summed E-state index contributed by atoms with van der Waals surface area (Å²) in [6.07, 6.45) is 11.3. The van der Waals surface area contributed by atoms with E-state index in [0.717, 1.165) is 6.42 Å². The molecule has 3 saturated carbocycles. The molecule has 0 spiro atoms. The second-order valence-corrected chi connectivity index (χ2v) is 7.18. The van der Waals surface area contributed by atoms with Crippen molar-refractivity contribution in [2.45, 2.75) is 63.8 Å². The Morgan fingerprint density at radius 2 is 1.58 bits per heavy atom. The van der Waals surface area contributed by atoms with Crippen molar-refractivity contribution in [1.82, 2.24) is 5.32 Å². The Bertz CT molecular complexity index is 311. The second-order valence-electron chi connectivity index (χ2n) is 6.87. The molecule has 2 unspecified atom stereocenters. The van der Waals surface area contributed by atoms with Crippen LogP contribution in [0.25, 0.3) is 0 Å². The monoisotopic (exact) mass is 283 g/mol. The first-order valence-corrected chi connectivity index (χ1v) is 8.69. The average molecular weight is 284 g/mol. The van der Waals surface area contributed by atoms with Gasteiger partial charge in [-0.05, 0) is 56.3 Å². The standard InChI is InChI=1S/C16H26ClNO/c17-10-13-8-3-9-14(13)18-16(19)15(11-4-1-5-11)12-6-2-7-12/h11-15H,1-10H2,(H,18,19). The maximum absolute atomic E-state index is 12.7. The second kappa shape index (κ2) is 6.03. The molecule has 0 heterocycles. The molecular formula is C16H26ClNO. The summed E-state index contributed by atoms with van der Waals surface area (Å²) >= 11 is 6.02. The Kier molecular flexibility index (Phi) is 4.36. The van der Waals surface area contributed by atoms with Gasteiger partial charge in [0, 0.05) is 17.8 Å². The van der Waals surface area contributed by atoms with E-state index in [0.29, 0.717) is 41.5 Å². The van der Waals surface area contributed by atoms with E-state index < -0.39 is 0 Å². The number of hydrogen-bond donors (Lipinski definition) is 1. The Morgan fingerprint density at radius 3 is 2.05 bits per heavy atom. The molecule has 1 N–H and O–H groups in total. The number of alkyl halides is 1. The van der Waals surface area contributed by atoms with E-state index in [1.165, 1.54) is 51.4 Å². The SMILES string of the molecule is O=C(NC1CCCC1CCl)C(C1CCC1)C1CCC1. The number of nitrogens with one attached hydrogen (secondary N) is 1. The number of rotatable bonds is 5. The first kappa shape index (κ1) is 13.7. The summed E-state index contributed by atoms with van der Waals surface area (Å²) < 4.78 is 0. The van der Waals surface area contributed by atoms with Crippen LogP contribution in [0, 0.1) is 23.7 Å². The van der Waals surface area contributed by atoms with Crippen LogP contribution in [0.15, 0.2) is 0 Å². The molecule has 0 aromatic heterocycles. The Balaban J connectivity index is 1.59. The van der Waals surface area contributed by atoms with Gasteiger partial charge in [0.25, 0.3) is 0 Å². The molecule has 3 fully saturated rings. The van der Waals surface area contributed by atoms with Gasteiger partial charge in [0.05, 0.1) is 0 Å². The quantitative estimate of drug-likeness (QED) is 0.766. The third-order valence-corrected chi connectivity index (χ3v) is 6.20. The van der Waals surface area contributed by atoms with Crippen molar-refractivity contribution in [3.63, 3.8) is 0 Å². The third kappa shape index (κ3) is 2.79. The van der Waals surface area contributed by atoms with Crippen LogP contribution in [0.2, 0.25) is 0 Å². The van der Waals surface area contributed by atoms with Gasteiger partial charge in [-0.1, -0.05) is 19.3 Å². The molecule has 0 bridgehead atoms. The van der Waals surface area contributed by atoms with Crippen LogP contribution >= 0.6 is 11.6 Å². The molecule has 0 radical (unpaired) electrons. The number of carbonyl (C=O) groups excluding carboxylic acids is 1. The van der Waals surface area contributed by atoms with E-state index in [1.54, 1.807) is 0 Å². The summed E-state index contributed by atoms with van der Waals surface area (Å²) in [5.74, 6) is 3.24. The minimum absolute atomic E-state index is 0.319. The van der Waals surface area contributed by atoms with E-state index in [1.807, 2.05) is 0 Å². The number of halogens is 1. The summed E-state index contributed by atoms with van der Waals surface area (Å²) in [6, 6.07) is 0.354. The minimum atomic E-state index is 0.319. The lowest BCUT2D eigenvalue weighted by molar-refractivity contribution is -0.132. The Hall–Kier alpha value is -0.240. The highest BCUT2D eigenvalue weighted by Crippen LogP contribution is 2.44. The van der Waals surface area contributed by atoms with Gasteiger partial charge in [-0.25, -0.2) is 0 Å². The smallest absolute Gasteiger partial charge is 0.223 e. The molecule has 3 rings (SSSR count). The van der Waals surface area contributed by atoms with Crippen molar-refractivity contribution < 1.29 is 4.79 Å². The summed E-state index contributed by atoms with van der Waals surface area (Å²) in [5, 5.41) is 3.35. The van der Waals surface area contributed by atoms with Crippen LogP contribution in [0.5, 0.6) is 0 Å². The van der Waals surface area contributed by atoms with E-state index in [9.17, 15) is 4.79 Å². The van der Waals surface area contributed by atoms with Crippen LogP contribution in [0.3, 0.4) is 0 Å². The number of hydrogen-bond acceptors (Lipinski definition) is 1. The number of carbonyl (C=O) groups is 1. The maximum atomic E-state index is 12.7. The zero-order valence-corrected chi connectivity index (χ0v) is 12.5. The van der Waals surface area contributed by atoms with E-state index in [-0.39, 0.29) is 0 Å². The first-order chi connectivity index (χ1) is 9.29. The van der Waals surface area contributed by atoms with E-state index in [4.69, 9.17) is 11.6 Å². The molecule has 0 saturated heterocycles. The Morgan fingerprint density at radius 1 is 1.00 bits per heavy atom. The van der Waals surface area contributed by atoms with Gasteiger partial charge in [-0.2, -0.15) is 0 Å². The van der Waals surface area contributed by atoms with Gasteiger partial charge in [-0.3, -0.25) is 4.79 Å². The fraction of sp³-hybridized carbons (Fsp3) is 0.938.